The largest absolute Gasteiger partial charge is 0.350 e. The first-order valence-electron chi connectivity index (χ1n) is 12.0. The quantitative estimate of drug-likeness (QED) is 0.336. The van der Waals surface area contributed by atoms with Crippen LogP contribution in [0.5, 0.6) is 0 Å². The third kappa shape index (κ3) is 7.82. The van der Waals surface area contributed by atoms with Crippen LogP contribution in [-0.4, -0.2) is 43.3 Å². The number of anilines is 1. The summed E-state index contributed by atoms with van der Waals surface area (Å²) in [5.74, 6) is -0.895. The summed E-state index contributed by atoms with van der Waals surface area (Å²) in [5.41, 5.74) is 0.502. The van der Waals surface area contributed by atoms with Crippen LogP contribution in [0.4, 0.5) is 5.69 Å². The van der Waals surface area contributed by atoms with Crippen molar-refractivity contribution in [2.45, 2.75) is 50.7 Å². The Bertz CT molecular complexity index is 1390. The van der Waals surface area contributed by atoms with Gasteiger partial charge in [-0.05, 0) is 75.7 Å². The van der Waals surface area contributed by atoms with Crippen molar-refractivity contribution in [1.29, 1.82) is 0 Å². The lowest BCUT2D eigenvalue weighted by Gasteiger charge is -2.33. The minimum Gasteiger partial charge on any atom is -0.350 e. The monoisotopic (exact) mass is 619 g/mol. The van der Waals surface area contributed by atoms with Gasteiger partial charge >= 0.3 is 0 Å². The zero-order chi connectivity index (χ0) is 28.1. The molecule has 0 heterocycles. The minimum absolute atomic E-state index is 0.0488. The number of carbonyl (C=O) groups excluding carboxylic acids is 2. The number of benzene rings is 3. The van der Waals surface area contributed by atoms with E-state index < -0.39 is 34.1 Å². The minimum atomic E-state index is -4.11. The van der Waals surface area contributed by atoms with E-state index in [2.05, 4.69) is 21.2 Å². The molecule has 0 aliphatic carbocycles. The Morgan fingerprint density at radius 1 is 0.974 bits per heavy atom. The Morgan fingerprint density at radius 2 is 1.63 bits per heavy atom. The SMILES string of the molecule is C[C@H](C(=O)NC(C)(C)C)N(Cc1cccc(Cl)c1)C(=O)CN(c1cccc(Br)c1)S(=O)(=O)c1ccccc1. The van der Waals surface area contributed by atoms with Gasteiger partial charge in [-0.3, -0.25) is 13.9 Å². The maximum Gasteiger partial charge on any atom is 0.264 e. The molecule has 38 heavy (non-hydrogen) atoms. The molecule has 7 nitrogen and oxygen atoms in total. The molecule has 1 atom stereocenters. The Kier molecular flexibility index (Phi) is 9.62. The summed E-state index contributed by atoms with van der Waals surface area (Å²) >= 11 is 9.56. The topological polar surface area (TPSA) is 86.8 Å². The van der Waals surface area contributed by atoms with Gasteiger partial charge in [0.2, 0.25) is 11.8 Å². The van der Waals surface area contributed by atoms with Crippen molar-refractivity contribution in [2.24, 2.45) is 0 Å². The predicted octanol–water partition coefficient (Wildman–Crippen LogP) is 5.63. The number of hydrogen-bond donors (Lipinski definition) is 1. The van der Waals surface area contributed by atoms with Gasteiger partial charge in [0, 0.05) is 21.6 Å². The number of carbonyl (C=O) groups is 2. The highest BCUT2D eigenvalue weighted by Gasteiger charge is 2.33. The van der Waals surface area contributed by atoms with Crippen LogP contribution in [0.1, 0.15) is 33.3 Å². The molecule has 3 aromatic rings. The zero-order valence-electron chi connectivity index (χ0n) is 21.7. The summed E-state index contributed by atoms with van der Waals surface area (Å²) in [5, 5.41) is 3.39. The fourth-order valence-corrected chi connectivity index (χ4v) is 5.80. The molecule has 0 saturated heterocycles. The van der Waals surface area contributed by atoms with E-state index >= 15 is 0 Å². The Hall–Kier alpha value is -2.88. The lowest BCUT2D eigenvalue weighted by molar-refractivity contribution is -0.140. The van der Waals surface area contributed by atoms with Gasteiger partial charge in [0.25, 0.3) is 10.0 Å². The van der Waals surface area contributed by atoms with Crippen molar-refractivity contribution in [2.75, 3.05) is 10.8 Å². The molecule has 0 aromatic heterocycles. The van der Waals surface area contributed by atoms with Gasteiger partial charge in [-0.2, -0.15) is 0 Å². The van der Waals surface area contributed by atoms with Gasteiger partial charge in [-0.1, -0.05) is 63.9 Å². The average molecular weight is 621 g/mol. The number of hydrogen-bond acceptors (Lipinski definition) is 4. The highest BCUT2D eigenvalue weighted by molar-refractivity contribution is 9.10. The highest BCUT2D eigenvalue weighted by Crippen LogP contribution is 2.27. The van der Waals surface area contributed by atoms with Gasteiger partial charge in [0.15, 0.2) is 0 Å². The van der Waals surface area contributed by atoms with E-state index in [1.165, 1.54) is 17.0 Å². The van der Waals surface area contributed by atoms with Crippen LogP contribution in [0.2, 0.25) is 5.02 Å². The van der Waals surface area contributed by atoms with Gasteiger partial charge in [0.1, 0.15) is 12.6 Å². The smallest absolute Gasteiger partial charge is 0.264 e. The number of sulfonamides is 1. The van der Waals surface area contributed by atoms with E-state index in [9.17, 15) is 18.0 Å². The molecular formula is C28H31BrClN3O4S. The Labute approximate surface area is 238 Å². The first-order valence-corrected chi connectivity index (χ1v) is 14.6. The fraction of sp³-hybridized carbons (Fsp3) is 0.286. The standard InChI is InChI=1S/C28H31BrClN3O4S/c1-20(27(35)31-28(2,3)4)32(18-21-10-8-12-23(30)16-21)26(34)19-33(24-13-9-11-22(29)17-24)38(36,37)25-14-6-5-7-15-25/h5-17,20H,18-19H2,1-4H3,(H,31,35)/t20-/m1/s1. The summed E-state index contributed by atoms with van der Waals surface area (Å²) in [6, 6.07) is 20.7. The van der Waals surface area contributed by atoms with Crippen LogP contribution >= 0.6 is 27.5 Å². The summed E-state index contributed by atoms with van der Waals surface area (Å²) in [4.78, 5) is 28.4. The summed E-state index contributed by atoms with van der Waals surface area (Å²) in [6.45, 7) is 6.72. The molecule has 0 saturated carbocycles. The number of rotatable bonds is 9. The molecule has 1 N–H and O–H groups in total. The molecule has 0 fully saturated rings. The molecule has 0 unspecified atom stereocenters. The third-order valence-corrected chi connectivity index (χ3v) is 8.13. The maximum absolute atomic E-state index is 13.9. The normalized spacial score (nSPS) is 12.5. The van der Waals surface area contributed by atoms with Crippen molar-refractivity contribution in [3.63, 3.8) is 0 Å². The molecule has 3 rings (SSSR count). The van der Waals surface area contributed by atoms with Crippen LogP contribution in [0.25, 0.3) is 0 Å². The number of nitrogens with zero attached hydrogens (tertiary/aromatic N) is 2. The van der Waals surface area contributed by atoms with E-state index in [-0.39, 0.29) is 17.3 Å². The lowest BCUT2D eigenvalue weighted by Crippen LogP contribution is -2.54. The van der Waals surface area contributed by atoms with Crippen molar-refractivity contribution in [3.05, 3.63) is 93.9 Å². The second-order valence-electron chi connectivity index (χ2n) is 9.87. The van der Waals surface area contributed by atoms with E-state index in [1.807, 2.05) is 20.8 Å². The predicted molar refractivity (Wildman–Crippen MR) is 154 cm³/mol. The van der Waals surface area contributed by atoms with Crippen molar-refractivity contribution in [1.82, 2.24) is 10.2 Å². The molecule has 10 heteroatoms. The van der Waals surface area contributed by atoms with Gasteiger partial charge in [-0.15, -0.1) is 0 Å². The van der Waals surface area contributed by atoms with E-state index in [4.69, 9.17) is 11.6 Å². The van der Waals surface area contributed by atoms with Crippen LogP contribution in [-0.2, 0) is 26.2 Å². The molecule has 0 radical (unpaired) electrons. The van der Waals surface area contributed by atoms with E-state index in [0.29, 0.717) is 20.7 Å². The van der Waals surface area contributed by atoms with Gasteiger partial charge < -0.3 is 10.2 Å². The second kappa shape index (κ2) is 12.3. The fourth-order valence-electron chi connectivity index (χ4n) is 3.77. The molecule has 0 aliphatic rings. The molecule has 0 aliphatic heterocycles. The van der Waals surface area contributed by atoms with Crippen molar-refractivity contribution in [3.8, 4) is 0 Å². The number of nitrogens with one attached hydrogen (secondary N) is 1. The first kappa shape index (κ1) is 29.7. The second-order valence-corrected chi connectivity index (χ2v) is 13.1. The molecule has 2 amide bonds. The maximum atomic E-state index is 13.9. The molecule has 0 bridgehead atoms. The Morgan fingerprint density at radius 3 is 2.24 bits per heavy atom. The van der Waals surface area contributed by atoms with E-state index in [1.54, 1.807) is 73.7 Å². The Balaban J connectivity index is 2.03. The van der Waals surface area contributed by atoms with Crippen LogP contribution in [0, 0.1) is 0 Å². The molecule has 0 spiro atoms. The average Bonchev–Trinajstić information content (AvgIpc) is 2.84. The summed E-state index contributed by atoms with van der Waals surface area (Å²) in [7, 11) is -4.11. The van der Waals surface area contributed by atoms with Crippen LogP contribution < -0.4 is 9.62 Å². The summed E-state index contributed by atoms with van der Waals surface area (Å²) < 4.78 is 29.2. The number of halogens is 2. The van der Waals surface area contributed by atoms with Crippen LogP contribution in [0.3, 0.4) is 0 Å². The van der Waals surface area contributed by atoms with Crippen molar-refractivity contribution >= 4 is 55.1 Å². The number of amides is 2. The third-order valence-electron chi connectivity index (χ3n) is 5.61. The zero-order valence-corrected chi connectivity index (χ0v) is 24.8. The van der Waals surface area contributed by atoms with E-state index in [0.717, 1.165) is 4.31 Å². The summed E-state index contributed by atoms with van der Waals surface area (Å²) in [6.07, 6.45) is 0. The first-order chi connectivity index (χ1) is 17.8. The molecule has 3 aromatic carbocycles. The van der Waals surface area contributed by atoms with Gasteiger partial charge in [-0.25, -0.2) is 8.42 Å². The van der Waals surface area contributed by atoms with Gasteiger partial charge in [0.05, 0.1) is 10.6 Å². The highest BCUT2D eigenvalue weighted by atomic mass is 79.9. The van der Waals surface area contributed by atoms with Crippen LogP contribution in [0.15, 0.2) is 88.2 Å². The molecular weight excluding hydrogens is 590 g/mol. The lowest BCUT2D eigenvalue weighted by atomic mass is 10.1. The molecule has 202 valence electrons. The van der Waals surface area contributed by atoms with Crippen molar-refractivity contribution < 1.29 is 18.0 Å².